The highest BCUT2D eigenvalue weighted by atomic mass is 79.9. The van der Waals surface area contributed by atoms with E-state index in [9.17, 15) is 0 Å². The number of hydrogen-bond acceptors (Lipinski definition) is 5. The van der Waals surface area contributed by atoms with Gasteiger partial charge in [0, 0.05) is 7.05 Å². The highest BCUT2D eigenvalue weighted by Gasteiger charge is 2.20. The number of aryl methyl sites for hydroxylation is 2. The van der Waals surface area contributed by atoms with Gasteiger partial charge >= 0.3 is 0 Å². The zero-order valence-electron chi connectivity index (χ0n) is 8.31. The third-order valence-electron chi connectivity index (χ3n) is 2.20. The van der Waals surface area contributed by atoms with Gasteiger partial charge in [0.1, 0.15) is 0 Å². The molecule has 7 heteroatoms. The quantitative estimate of drug-likeness (QED) is 0.906. The van der Waals surface area contributed by atoms with E-state index in [2.05, 4.69) is 30.6 Å². The number of aromatic nitrogens is 4. The van der Waals surface area contributed by atoms with E-state index < -0.39 is 0 Å². The molecule has 0 saturated carbocycles. The van der Waals surface area contributed by atoms with E-state index in [1.54, 1.807) is 10.9 Å². The molecule has 0 aliphatic heterocycles. The van der Waals surface area contributed by atoms with Crippen LogP contribution in [-0.4, -0.2) is 19.4 Å². The molecule has 2 aromatic rings. The normalized spacial score (nSPS) is 13.1. The summed E-state index contributed by atoms with van der Waals surface area (Å²) in [5.74, 6) is 0. The Kier molecular flexibility index (Phi) is 2.85. The Morgan fingerprint density at radius 1 is 1.60 bits per heavy atom. The highest BCUT2D eigenvalue weighted by molar-refractivity contribution is 9.10. The molecule has 1 atom stereocenters. The van der Waals surface area contributed by atoms with Crippen LogP contribution in [0.15, 0.2) is 10.7 Å². The zero-order valence-corrected chi connectivity index (χ0v) is 10.7. The predicted molar refractivity (Wildman–Crippen MR) is 61.6 cm³/mol. The van der Waals surface area contributed by atoms with Crippen LogP contribution in [0.5, 0.6) is 0 Å². The van der Waals surface area contributed by atoms with Gasteiger partial charge in [0.05, 0.1) is 33.0 Å². The average molecular weight is 288 g/mol. The van der Waals surface area contributed by atoms with Gasteiger partial charge in [-0.15, -0.1) is 5.10 Å². The summed E-state index contributed by atoms with van der Waals surface area (Å²) in [7, 11) is 1.86. The average Bonchev–Trinajstić information content (AvgIpc) is 2.73. The van der Waals surface area contributed by atoms with Crippen LogP contribution in [0.3, 0.4) is 0 Å². The van der Waals surface area contributed by atoms with Gasteiger partial charge in [-0.2, -0.15) is 5.10 Å². The first-order valence-electron chi connectivity index (χ1n) is 4.33. The Balaban J connectivity index is 2.45. The van der Waals surface area contributed by atoms with Crippen molar-refractivity contribution in [1.82, 2.24) is 19.4 Å². The number of nitrogens with zero attached hydrogens (tertiary/aromatic N) is 4. The lowest BCUT2D eigenvalue weighted by Crippen LogP contribution is -2.16. The van der Waals surface area contributed by atoms with E-state index >= 15 is 0 Å². The van der Waals surface area contributed by atoms with E-state index in [1.807, 2.05) is 14.0 Å². The minimum Gasteiger partial charge on any atom is -0.318 e. The lowest BCUT2D eigenvalue weighted by molar-refractivity contribution is 0.674. The standard InChI is InChI=1S/C8H10BrN5S/c1-4-8(15-13-12-4)6(10)7-5(9)3-11-14(7)2/h3,6H,10H2,1-2H3. The summed E-state index contributed by atoms with van der Waals surface area (Å²) in [6.45, 7) is 1.91. The predicted octanol–water partition coefficient (Wildman–Crippen LogP) is 1.39. The maximum atomic E-state index is 6.15. The molecule has 1 unspecified atom stereocenters. The first-order valence-corrected chi connectivity index (χ1v) is 5.89. The van der Waals surface area contributed by atoms with Crippen molar-refractivity contribution in [3.05, 3.63) is 26.9 Å². The second-order valence-electron chi connectivity index (χ2n) is 3.20. The minimum absolute atomic E-state index is 0.230. The van der Waals surface area contributed by atoms with Crippen molar-refractivity contribution in [2.45, 2.75) is 13.0 Å². The molecule has 0 saturated heterocycles. The number of nitrogens with two attached hydrogens (primary N) is 1. The molecule has 15 heavy (non-hydrogen) atoms. The van der Waals surface area contributed by atoms with Crippen LogP contribution in [0.1, 0.15) is 22.3 Å². The van der Waals surface area contributed by atoms with Crippen molar-refractivity contribution in [2.24, 2.45) is 12.8 Å². The van der Waals surface area contributed by atoms with Gasteiger partial charge in [-0.05, 0) is 34.4 Å². The third-order valence-corrected chi connectivity index (χ3v) is 3.72. The summed E-state index contributed by atoms with van der Waals surface area (Å²) >= 11 is 4.75. The molecule has 2 rings (SSSR count). The van der Waals surface area contributed by atoms with Crippen LogP contribution in [0.25, 0.3) is 0 Å². The molecule has 0 bridgehead atoms. The molecule has 0 aliphatic rings. The van der Waals surface area contributed by atoms with E-state index in [0.29, 0.717) is 0 Å². The summed E-state index contributed by atoms with van der Waals surface area (Å²) in [6, 6.07) is -0.230. The van der Waals surface area contributed by atoms with Crippen molar-refractivity contribution < 1.29 is 0 Å². The summed E-state index contributed by atoms with van der Waals surface area (Å²) in [6.07, 6.45) is 1.74. The van der Waals surface area contributed by atoms with Crippen LogP contribution in [0.2, 0.25) is 0 Å². The molecule has 0 fully saturated rings. The van der Waals surface area contributed by atoms with Gasteiger partial charge in [0.25, 0.3) is 0 Å². The third kappa shape index (κ3) is 1.82. The van der Waals surface area contributed by atoms with Crippen LogP contribution in [0.4, 0.5) is 0 Å². The van der Waals surface area contributed by atoms with Crippen LogP contribution in [0, 0.1) is 6.92 Å². The van der Waals surface area contributed by atoms with Crippen molar-refractivity contribution >= 4 is 27.5 Å². The Morgan fingerprint density at radius 3 is 2.80 bits per heavy atom. The fourth-order valence-electron chi connectivity index (χ4n) is 1.42. The zero-order chi connectivity index (χ0) is 11.0. The number of rotatable bonds is 2. The molecule has 2 heterocycles. The summed E-state index contributed by atoms with van der Waals surface area (Å²) in [5.41, 5.74) is 7.96. The first-order chi connectivity index (χ1) is 7.11. The van der Waals surface area contributed by atoms with Crippen LogP contribution < -0.4 is 5.73 Å². The van der Waals surface area contributed by atoms with Gasteiger partial charge in [-0.3, -0.25) is 4.68 Å². The fraction of sp³-hybridized carbons (Fsp3) is 0.375. The fourth-order valence-corrected chi connectivity index (χ4v) is 2.66. The molecule has 0 spiro atoms. The summed E-state index contributed by atoms with van der Waals surface area (Å²) < 4.78 is 6.54. The molecule has 2 N–H and O–H groups in total. The lowest BCUT2D eigenvalue weighted by Gasteiger charge is -2.10. The SMILES string of the molecule is Cc1nnsc1C(N)c1c(Br)cnn1C. The molecule has 80 valence electrons. The first kappa shape index (κ1) is 10.7. The second-order valence-corrected chi connectivity index (χ2v) is 4.84. The van der Waals surface area contributed by atoms with Crippen LogP contribution >= 0.6 is 27.5 Å². The topological polar surface area (TPSA) is 69.6 Å². The molecule has 2 aromatic heterocycles. The van der Waals surface area contributed by atoms with Gasteiger partial charge in [-0.1, -0.05) is 4.49 Å². The largest absolute Gasteiger partial charge is 0.318 e. The van der Waals surface area contributed by atoms with Crippen LogP contribution in [-0.2, 0) is 7.05 Å². The summed E-state index contributed by atoms with van der Waals surface area (Å²) in [5, 5.41) is 8.08. The Labute approximate surface area is 99.6 Å². The Hall–Kier alpha value is -0.790. The van der Waals surface area contributed by atoms with E-state index in [4.69, 9.17) is 5.73 Å². The minimum atomic E-state index is -0.230. The highest BCUT2D eigenvalue weighted by Crippen LogP contribution is 2.28. The summed E-state index contributed by atoms with van der Waals surface area (Å²) in [4.78, 5) is 0.972. The number of hydrogen-bond donors (Lipinski definition) is 1. The number of halogens is 1. The molecule has 0 aromatic carbocycles. The maximum absolute atomic E-state index is 6.15. The molecule has 0 amide bonds. The Morgan fingerprint density at radius 2 is 2.33 bits per heavy atom. The van der Waals surface area contributed by atoms with Gasteiger partial charge in [0.15, 0.2) is 0 Å². The maximum Gasteiger partial charge on any atom is 0.0863 e. The van der Waals surface area contributed by atoms with E-state index in [1.165, 1.54) is 11.5 Å². The van der Waals surface area contributed by atoms with Crippen molar-refractivity contribution in [3.8, 4) is 0 Å². The Bertz CT molecular complexity index is 458. The molecule has 0 aliphatic carbocycles. The molecular weight excluding hydrogens is 278 g/mol. The van der Waals surface area contributed by atoms with E-state index in [-0.39, 0.29) is 6.04 Å². The van der Waals surface area contributed by atoms with Crippen molar-refractivity contribution in [1.29, 1.82) is 0 Å². The smallest absolute Gasteiger partial charge is 0.0863 e. The molecular formula is C8H10BrN5S. The monoisotopic (exact) mass is 287 g/mol. The van der Waals surface area contributed by atoms with E-state index in [0.717, 1.165) is 20.7 Å². The van der Waals surface area contributed by atoms with Gasteiger partial charge < -0.3 is 5.73 Å². The second kappa shape index (κ2) is 3.99. The van der Waals surface area contributed by atoms with Gasteiger partial charge in [0.2, 0.25) is 0 Å². The van der Waals surface area contributed by atoms with Crippen molar-refractivity contribution in [2.75, 3.05) is 0 Å². The van der Waals surface area contributed by atoms with Gasteiger partial charge in [-0.25, -0.2) is 0 Å². The van der Waals surface area contributed by atoms with Crippen molar-refractivity contribution in [3.63, 3.8) is 0 Å². The lowest BCUT2D eigenvalue weighted by atomic mass is 10.1. The molecule has 5 nitrogen and oxygen atoms in total. The molecule has 0 radical (unpaired) electrons.